The van der Waals surface area contributed by atoms with Crippen molar-refractivity contribution >= 4 is 27.3 Å². The van der Waals surface area contributed by atoms with Gasteiger partial charge >= 0.3 is 0 Å². The fourth-order valence-corrected chi connectivity index (χ4v) is 3.99. The molecule has 1 unspecified atom stereocenters. The molecule has 2 heterocycles. The van der Waals surface area contributed by atoms with Gasteiger partial charge in [0.05, 0.1) is 3.79 Å². The van der Waals surface area contributed by atoms with Crippen molar-refractivity contribution in [3.8, 4) is 0 Å². The average Bonchev–Trinajstić information content (AvgIpc) is 2.73. The molecule has 0 aliphatic carbocycles. The van der Waals surface area contributed by atoms with Crippen molar-refractivity contribution < 1.29 is 0 Å². The van der Waals surface area contributed by atoms with Crippen molar-refractivity contribution in [3.05, 3.63) is 20.8 Å². The zero-order valence-corrected chi connectivity index (χ0v) is 12.8. The highest BCUT2D eigenvalue weighted by Crippen LogP contribution is 2.25. The third-order valence-corrected chi connectivity index (χ3v) is 4.90. The van der Waals surface area contributed by atoms with E-state index in [4.69, 9.17) is 0 Å². The molecule has 17 heavy (non-hydrogen) atoms. The molecule has 0 amide bonds. The first-order valence-electron chi connectivity index (χ1n) is 6.45. The van der Waals surface area contributed by atoms with Crippen LogP contribution in [0.5, 0.6) is 0 Å². The molecule has 1 aliphatic rings. The van der Waals surface area contributed by atoms with Crippen LogP contribution in [0, 0.1) is 5.92 Å². The van der Waals surface area contributed by atoms with Gasteiger partial charge in [-0.05, 0) is 66.5 Å². The number of halogens is 1. The quantitative estimate of drug-likeness (QED) is 0.896. The highest BCUT2D eigenvalue weighted by atomic mass is 79.9. The van der Waals surface area contributed by atoms with Crippen LogP contribution < -0.4 is 5.32 Å². The third kappa shape index (κ3) is 4.36. The molecule has 1 aromatic heterocycles. The van der Waals surface area contributed by atoms with Crippen LogP contribution in [0.15, 0.2) is 15.9 Å². The minimum Gasteiger partial charge on any atom is -0.317 e. The predicted octanol–water partition coefficient (Wildman–Crippen LogP) is 3.33. The highest BCUT2D eigenvalue weighted by molar-refractivity contribution is 9.11. The van der Waals surface area contributed by atoms with E-state index in [0.29, 0.717) is 0 Å². The molecule has 1 N–H and O–H groups in total. The van der Waals surface area contributed by atoms with Gasteiger partial charge < -0.3 is 5.32 Å². The summed E-state index contributed by atoms with van der Waals surface area (Å²) in [5.74, 6) is 0.840. The summed E-state index contributed by atoms with van der Waals surface area (Å²) in [5.41, 5.74) is 0. The Morgan fingerprint density at radius 1 is 1.53 bits per heavy atom. The largest absolute Gasteiger partial charge is 0.317 e. The van der Waals surface area contributed by atoms with Gasteiger partial charge in [0, 0.05) is 18.0 Å². The van der Waals surface area contributed by atoms with Crippen LogP contribution in [0.25, 0.3) is 0 Å². The first-order valence-corrected chi connectivity index (χ1v) is 8.06. The number of rotatable bonds is 5. The summed E-state index contributed by atoms with van der Waals surface area (Å²) in [4.78, 5) is 4.07. The van der Waals surface area contributed by atoms with E-state index in [2.05, 4.69) is 45.2 Å². The maximum Gasteiger partial charge on any atom is 0.0701 e. The molecule has 2 nitrogen and oxygen atoms in total. The summed E-state index contributed by atoms with van der Waals surface area (Å²) in [6, 6.07) is 4.39. The molecule has 1 aromatic rings. The Bertz CT molecular complexity index is 340. The lowest BCUT2D eigenvalue weighted by molar-refractivity contribution is 0.167. The van der Waals surface area contributed by atoms with E-state index in [0.717, 1.165) is 19.0 Å². The summed E-state index contributed by atoms with van der Waals surface area (Å²) in [6.45, 7) is 8.10. The molecule has 0 aromatic carbocycles. The van der Waals surface area contributed by atoms with E-state index in [1.165, 1.54) is 41.1 Å². The Morgan fingerprint density at radius 3 is 3.12 bits per heavy atom. The van der Waals surface area contributed by atoms with E-state index >= 15 is 0 Å². The molecule has 0 saturated carbocycles. The van der Waals surface area contributed by atoms with Crippen molar-refractivity contribution in [2.24, 2.45) is 5.92 Å². The van der Waals surface area contributed by atoms with Gasteiger partial charge in [0.25, 0.3) is 0 Å². The minimum absolute atomic E-state index is 0.840. The van der Waals surface area contributed by atoms with Gasteiger partial charge in [-0.15, -0.1) is 11.3 Å². The highest BCUT2D eigenvalue weighted by Gasteiger charge is 2.19. The van der Waals surface area contributed by atoms with Gasteiger partial charge in [0.2, 0.25) is 0 Å². The summed E-state index contributed by atoms with van der Waals surface area (Å²) in [6.07, 6.45) is 2.74. The smallest absolute Gasteiger partial charge is 0.0701 e. The topological polar surface area (TPSA) is 15.3 Å². The van der Waals surface area contributed by atoms with Gasteiger partial charge in [0.15, 0.2) is 0 Å². The second kappa shape index (κ2) is 6.88. The van der Waals surface area contributed by atoms with E-state index in [1.54, 1.807) is 0 Å². The Labute approximate surface area is 117 Å². The maximum atomic E-state index is 3.53. The van der Waals surface area contributed by atoms with Crippen molar-refractivity contribution in [1.29, 1.82) is 0 Å². The minimum atomic E-state index is 0.840. The van der Waals surface area contributed by atoms with Crippen LogP contribution in [0.2, 0.25) is 0 Å². The number of hydrogen-bond acceptors (Lipinski definition) is 3. The predicted molar refractivity (Wildman–Crippen MR) is 78.6 cm³/mol. The summed E-state index contributed by atoms with van der Waals surface area (Å²) < 4.78 is 1.24. The summed E-state index contributed by atoms with van der Waals surface area (Å²) in [7, 11) is 0. The normalized spacial score (nSPS) is 21.9. The Balaban J connectivity index is 1.80. The standard InChI is InChI=1S/C13H21BrN2S/c1-2-15-8-11-4-3-7-16(9-11)10-12-5-6-13(14)17-12/h5-6,11,15H,2-4,7-10H2,1H3. The number of nitrogens with zero attached hydrogens (tertiary/aromatic N) is 1. The fraction of sp³-hybridized carbons (Fsp3) is 0.692. The van der Waals surface area contributed by atoms with Crippen LogP contribution in [-0.4, -0.2) is 31.1 Å². The monoisotopic (exact) mass is 316 g/mol. The van der Waals surface area contributed by atoms with E-state index in [1.807, 2.05) is 11.3 Å². The zero-order chi connectivity index (χ0) is 12.1. The second-order valence-corrected chi connectivity index (χ2v) is 7.30. The van der Waals surface area contributed by atoms with Gasteiger partial charge in [-0.3, -0.25) is 4.90 Å². The van der Waals surface area contributed by atoms with Gasteiger partial charge in [-0.2, -0.15) is 0 Å². The molecular weight excluding hydrogens is 296 g/mol. The van der Waals surface area contributed by atoms with Gasteiger partial charge in [-0.25, -0.2) is 0 Å². The van der Waals surface area contributed by atoms with Gasteiger partial charge in [-0.1, -0.05) is 6.92 Å². The first-order chi connectivity index (χ1) is 8.28. The summed E-state index contributed by atoms with van der Waals surface area (Å²) in [5, 5.41) is 3.47. The molecule has 4 heteroatoms. The van der Waals surface area contributed by atoms with Gasteiger partial charge in [0.1, 0.15) is 0 Å². The van der Waals surface area contributed by atoms with Crippen LogP contribution >= 0.6 is 27.3 Å². The van der Waals surface area contributed by atoms with Crippen molar-refractivity contribution in [1.82, 2.24) is 10.2 Å². The molecule has 2 rings (SSSR count). The van der Waals surface area contributed by atoms with Crippen molar-refractivity contribution in [2.45, 2.75) is 26.3 Å². The van der Waals surface area contributed by atoms with Crippen molar-refractivity contribution in [2.75, 3.05) is 26.2 Å². The lowest BCUT2D eigenvalue weighted by Gasteiger charge is -2.32. The lowest BCUT2D eigenvalue weighted by Crippen LogP contribution is -2.39. The number of thiophene rings is 1. The van der Waals surface area contributed by atoms with Crippen LogP contribution in [0.3, 0.4) is 0 Å². The van der Waals surface area contributed by atoms with Crippen molar-refractivity contribution in [3.63, 3.8) is 0 Å². The SMILES string of the molecule is CCNCC1CCCN(Cc2ccc(Br)s2)C1. The molecule has 1 atom stereocenters. The Hall–Kier alpha value is 0.1000. The zero-order valence-electron chi connectivity index (χ0n) is 10.4. The molecule has 1 saturated heterocycles. The van der Waals surface area contributed by atoms with E-state index in [-0.39, 0.29) is 0 Å². The molecule has 1 fully saturated rings. The molecule has 0 bridgehead atoms. The first kappa shape index (κ1) is 13.5. The number of likely N-dealkylation sites (tertiary alicyclic amines) is 1. The number of nitrogens with one attached hydrogen (secondary N) is 1. The third-order valence-electron chi connectivity index (χ3n) is 3.29. The van der Waals surface area contributed by atoms with Crippen LogP contribution in [0.4, 0.5) is 0 Å². The Kier molecular flexibility index (Phi) is 5.48. The number of piperidine rings is 1. The summed E-state index contributed by atoms with van der Waals surface area (Å²) >= 11 is 5.39. The van der Waals surface area contributed by atoms with Crippen LogP contribution in [0.1, 0.15) is 24.6 Å². The molecule has 96 valence electrons. The number of hydrogen-bond donors (Lipinski definition) is 1. The average molecular weight is 317 g/mol. The molecular formula is C13H21BrN2S. The van der Waals surface area contributed by atoms with Crippen LogP contribution in [-0.2, 0) is 6.54 Å². The van der Waals surface area contributed by atoms with E-state index in [9.17, 15) is 0 Å². The molecule has 0 radical (unpaired) electrons. The molecule has 1 aliphatic heterocycles. The maximum absolute atomic E-state index is 3.53. The fourth-order valence-electron chi connectivity index (χ4n) is 2.47. The van der Waals surface area contributed by atoms with E-state index < -0.39 is 0 Å². The second-order valence-electron chi connectivity index (χ2n) is 4.76. The Morgan fingerprint density at radius 2 is 2.41 bits per heavy atom. The lowest BCUT2D eigenvalue weighted by atomic mass is 9.98. The molecule has 0 spiro atoms.